The minimum absolute atomic E-state index is 0.0419. The Balaban J connectivity index is 2.14. The van der Waals surface area contributed by atoms with E-state index in [0.717, 1.165) is 19.3 Å². The lowest BCUT2D eigenvalue weighted by Crippen LogP contribution is -2.29. The first kappa shape index (κ1) is 21.8. The molecule has 1 atom stereocenters. The maximum atomic E-state index is 12.4. The standard InChI is InChI=1S/C23H30O5/c1-5-27-23(20-14-19(24)12-13-21(20)25)15-18(22(26)28-23)11-7-10-17(4)9-6-8-16(2)3/h8,10,12-15,24-25H,5-7,9,11H2,1-4H3/b17-10+. The Morgan fingerprint density at radius 3 is 2.61 bits per heavy atom. The third-order valence-corrected chi connectivity index (χ3v) is 4.58. The first-order chi connectivity index (χ1) is 13.3. The molecule has 0 saturated carbocycles. The fourth-order valence-corrected chi connectivity index (χ4v) is 3.16. The van der Waals surface area contributed by atoms with Crippen LogP contribution in [0.5, 0.6) is 11.5 Å². The van der Waals surface area contributed by atoms with Gasteiger partial charge in [-0.1, -0.05) is 23.3 Å². The van der Waals surface area contributed by atoms with Crippen molar-refractivity contribution in [2.75, 3.05) is 6.61 Å². The van der Waals surface area contributed by atoms with Gasteiger partial charge in [0.15, 0.2) is 0 Å². The lowest BCUT2D eigenvalue weighted by Gasteiger charge is -2.27. The number of phenols is 2. The highest BCUT2D eigenvalue weighted by Crippen LogP contribution is 2.42. The van der Waals surface area contributed by atoms with Crippen LogP contribution in [-0.4, -0.2) is 22.8 Å². The molecule has 5 nitrogen and oxygen atoms in total. The van der Waals surface area contributed by atoms with E-state index in [0.29, 0.717) is 12.0 Å². The van der Waals surface area contributed by atoms with Crippen molar-refractivity contribution >= 4 is 5.97 Å². The first-order valence-electron chi connectivity index (χ1n) is 9.68. The number of hydrogen-bond acceptors (Lipinski definition) is 5. The Kier molecular flexibility index (Phi) is 7.46. The molecule has 5 heteroatoms. The molecule has 1 aliphatic rings. The Morgan fingerprint density at radius 1 is 1.18 bits per heavy atom. The molecular weight excluding hydrogens is 356 g/mol. The summed E-state index contributed by atoms with van der Waals surface area (Å²) in [5, 5.41) is 20.0. The molecule has 1 heterocycles. The van der Waals surface area contributed by atoms with Gasteiger partial charge in [-0.2, -0.15) is 0 Å². The molecule has 1 aromatic rings. The van der Waals surface area contributed by atoms with Crippen molar-refractivity contribution in [2.45, 2.75) is 59.2 Å². The molecule has 0 spiro atoms. The molecule has 0 amide bonds. The summed E-state index contributed by atoms with van der Waals surface area (Å²) < 4.78 is 11.2. The molecule has 28 heavy (non-hydrogen) atoms. The predicted octanol–water partition coefficient (Wildman–Crippen LogP) is 5.24. The van der Waals surface area contributed by atoms with Gasteiger partial charge < -0.3 is 19.7 Å². The fraction of sp³-hybridized carbons (Fsp3) is 0.435. The Labute approximate surface area is 167 Å². The highest BCUT2D eigenvalue weighted by Gasteiger charge is 2.44. The quantitative estimate of drug-likeness (QED) is 0.345. The van der Waals surface area contributed by atoms with Crippen LogP contribution < -0.4 is 0 Å². The number of ether oxygens (including phenoxy) is 2. The van der Waals surface area contributed by atoms with Crippen LogP contribution in [0.4, 0.5) is 0 Å². The van der Waals surface area contributed by atoms with Gasteiger partial charge in [0.2, 0.25) is 0 Å². The number of cyclic esters (lactones) is 1. The van der Waals surface area contributed by atoms with Gasteiger partial charge in [0.05, 0.1) is 5.56 Å². The number of carbonyl (C=O) groups is 1. The zero-order chi connectivity index (χ0) is 20.7. The van der Waals surface area contributed by atoms with E-state index in [1.807, 2.05) is 0 Å². The summed E-state index contributed by atoms with van der Waals surface area (Å²) in [7, 11) is 0. The number of phenolic OH excluding ortho intramolecular Hbond substituents is 2. The van der Waals surface area contributed by atoms with E-state index in [4.69, 9.17) is 9.47 Å². The number of hydrogen-bond donors (Lipinski definition) is 2. The number of carbonyl (C=O) groups excluding carboxylic acids is 1. The largest absolute Gasteiger partial charge is 0.508 e. The topological polar surface area (TPSA) is 76.0 Å². The second-order valence-corrected chi connectivity index (χ2v) is 7.27. The van der Waals surface area contributed by atoms with Gasteiger partial charge in [0, 0.05) is 18.3 Å². The van der Waals surface area contributed by atoms with E-state index >= 15 is 0 Å². The molecule has 1 aliphatic heterocycles. The van der Waals surface area contributed by atoms with Gasteiger partial charge in [-0.05, 0) is 71.6 Å². The molecule has 2 N–H and O–H groups in total. The van der Waals surface area contributed by atoms with Crippen LogP contribution in [0.3, 0.4) is 0 Å². The van der Waals surface area contributed by atoms with Crippen molar-refractivity contribution in [3.05, 3.63) is 58.7 Å². The molecule has 2 rings (SSSR count). The second-order valence-electron chi connectivity index (χ2n) is 7.27. The molecule has 0 saturated heterocycles. The molecule has 1 unspecified atom stereocenters. The van der Waals surface area contributed by atoms with Crippen molar-refractivity contribution in [2.24, 2.45) is 0 Å². The number of allylic oxidation sites excluding steroid dienone is 4. The van der Waals surface area contributed by atoms with Crippen LogP contribution in [0.1, 0.15) is 58.9 Å². The summed E-state index contributed by atoms with van der Waals surface area (Å²) in [6.45, 7) is 8.32. The number of aromatic hydroxyl groups is 2. The van der Waals surface area contributed by atoms with Gasteiger partial charge >= 0.3 is 5.97 Å². The smallest absolute Gasteiger partial charge is 0.336 e. The predicted molar refractivity (Wildman–Crippen MR) is 109 cm³/mol. The van der Waals surface area contributed by atoms with Crippen LogP contribution in [0.15, 0.2) is 53.1 Å². The average molecular weight is 386 g/mol. The normalized spacial score (nSPS) is 19.4. The highest BCUT2D eigenvalue weighted by molar-refractivity contribution is 5.91. The van der Waals surface area contributed by atoms with Gasteiger partial charge in [-0.3, -0.25) is 0 Å². The molecular formula is C23H30O5. The number of esters is 1. The van der Waals surface area contributed by atoms with Gasteiger partial charge in [-0.15, -0.1) is 0 Å². The Bertz CT molecular complexity index is 799. The second kappa shape index (κ2) is 9.60. The minimum Gasteiger partial charge on any atom is -0.508 e. The van der Waals surface area contributed by atoms with E-state index in [-0.39, 0.29) is 23.7 Å². The monoisotopic (exact) mass is 386 g/mol. The number of benzene rings is 1. The first-order valence-corrected chi connectivity index (χ1v) is 9.68. The summed E-state index contributed by atoms with van der Waals surface area (Å²) in [5.74, 6) is -2.12. The van der Waals surface area contributed by atoms with Crippen molar-refractivity contribution in [3.63, 3.8) is 0 Å². The lowest BCUT2D eigenvalue weighted by molar-refractivity contribution is -0.202. The van der Waals surface area contributed by atoms with Crippen LogP contribution in [0, 0.1) is 0 Å². The lowest BCUT2D eigenvalue weighted by atomic mass is 10.0. The van der Waals surface area contributed by atoms with Crippen LogP contribution >= 0.6 is 0 Å². The van der Waals surface area contributed by atoms with E-state index in [1.165, 1.54) is 29.3 Å². The van der Waals surface area contributed by atoms with Gasteiger partial charge in [0.25, 0.3) is 5.79 Å². The SMILES string of the molecule is CCOC1(c2cc(O)ccc2O)C=C(CC/C=C(\C)CCC=C(C)C)C(=O)O1. The average Bonchev–Trinajstić information content (AvgIpc) is 2.93. The Morgan fingerprint density at radius 2 is 1.93 bits per heavy atom. The van der Waals surface area contributed by atoms with E-state index in [1.54, 1.807) is 13.0 Å². The van der Waals surface area contributed by atoms with Crippen molar-refractivity contribution < 1.29 is 24.5 Å². The molecule has 152 valence electrons. The summed E-state index contributed by atoms with van der Waals surface area (Å²) >= 11 is 0. The van der Waals surface area contributed by atoms with E-state index in [9.17, 15) is 15.0 Å². The van der Waals surface area contributed by atoms with Crippen LogP contribution in [-0.2, 0) is 20.1 Å². The molecule has 0 aliphatic carbocycles. The zero-order valence-electron chi connectivity index (χ0n) is 17.1. The third kappa shape index (κ3) is 5.49. The maximum Gasteiger partial charge on any atom is 0.336 e. The minimum atomic E-state index is -1.51. The zero-order valence-corrected chi connectivity index (χ0v) is 17.1. The summed E-state index contributed by atoms with van der Waals surface area (Å²) in [4.78, 5) is 12.4. The van der Waals surface area contributed by atoms with Crippen LogP contribution in [0.25, 0.3) is 0 Å². The van der Waals surface area contributed by atoms with Gasteiger partial charge in [-0.25, -0.2) is 4.79 Å². The fourth-order valence-electron chi connectivity index (χ4n) is 3.16. The van der Waals surface area contributed by atoms with E-state index in [2.05, 4.69) is 32.9 Å². The molecule has 1 aromatic carbocycles. The maximum absolute atomic E-state index is 12.4. The summed E-state index contributed by atoms with van der Waals surface area (Å²) in [5.41, 5.74) is 3.32. The van der Waals surface area contributed by atoms with Gasteiger partial charge in [0.1, 0.15) is 11.5 Å². The van der Waals surface area contributed by atoms with Crippen LogP contribution in [0.2, 0.25) is 0 Å². The molecule has 0 aromatic heterocycles. The third-order valence-electron chi connectivity index (χ3n) is 4.58. The summed E-state index contributed by atoms with van der Waals surface area (Å²) in [6.07, 6.45) is 9.21. The number of rotatable bonds is 9. The van der Waals surface area contributed by atoms with E-state index < -0.39 is 11.8 Å². The molecule has 0 bridgehead atoms. The molecule has 0 radical (unpaired) electrons. The Hall–Kier alpha value is -2.53. The van der Waals surface area contributed by atoms with Crippen molar-refractivity contribution in [1.82, 2.24) is 0 Å². The summed E-state index contributed by atoms with van der Waals surface area (Å²) in [6, 6.07) is 4.07. The molecule has 0 fully saturated rings. The van der Waals surface area contributed by atoms with Crippen molar-refractivity contribution in [1.29, 1.82) is 0 Å². The van der Waals surface area contributed by atoms with Crippen molar-refractivity contribution in [3.8, 4) is 11.5 Å². The highest BCUT2D eigenvalue weighted by atomic mass is 16.7.